The second-order valence-electron chi connectivity index (χ2n) is 9.28. The molecule has 0 bridgehead atoms. The van der Waals surface area contributed by atoms with Gasteiger partial charge in [0.05, 0.1) is 12.6 Å². The summed E-state index contributed by atoms with van der Waals surface area (Å²) in [7, 11) is -2.76. The highest BCUT2D eigenvalue weighted by molar-refractivity contribution is 6.99. The van der Waals surface area contributed by atoms with E-state index in [9.17, 15) is 14.7 Å². The fourth-order valence-electron chi connectivity index (χ4n) is 3.96. The molecule has 2 aromatic carbocycles. The van der Waals surface area contributed by atoms with Crippen LogP contribution < -0.4 is 15.7 Å². The van der Waals surface area contributed by atoms with Gasteiger partial charge in [0, 0.05) is 12.3 Å². The van der Waals surface area contributed by atoms with Crippen molar-refractivity contribution in [3.8, 4) is 0 Å². The molecular weight excluding hydrogens is 406 g/mol. The quantitative estimate of drug-likeness (QED) is 0.542. The molecule has 2 aromatic rings. The number of Topliss-reactive ketones (excluding diaryl/α,β-unsaturated/α-hetero) is 1. The zero-order valence-electron chi connectivity index (χ0n) is 19.2. The molecule has 0 aliphatic heterocycles. The summed E-state index contributed by atoms with van der Waals surface area (Å²) in [5.41, 5.74) is 0. The molecule has 0 aliphatic rings. The SMILES string of the molecule is CC(C)C(=O)CCC(CO[Si](c1ccccc1)(c1ccccc1)C(C)(C)C)NC(=O)O. The highest BCUT2D eigenvalue weighted by Gasteiger charge is 2.50. The molecule has 0 saturated carbocycles. The Morgan fingerprint density at radius 1 is 0.968 bits per heavy atom. The maximum atomic E-state index is 12.1. The molecule has 0 heterocycles. The molecule has 1 atom stereocenters. The number of nitrogens with one attached hydrogen (secondary N) is 1. The Labute approximate surface area is 187 Å². The molecular formula is C25H35NO4Si. The standard InChI is InChI=1S/C25H35NO4Si/c1-19(2)23(27)17-16-20(26-24(28)29)18-30-31(25(3,4)5,21-12-8-6-9-13-21)22-14-10-7-11-15-22/h6-15,19-20,26H,16-18H2,1-5H3,(H,28,29). The van der Waals surface area contributed by atoms with Gasteiger partial charge in [0.2, 0.25) is 0 Å². The number of hydrogen-bond acceptors (Lipinski definition) is 3. The molecule has 2 N–H and O–H groups in total. The highest BCUT2D eigenvalue weighted by atomic mass is 28.4. The van der Waals surface area contributed by atoms with Gasteiger partial charge in [-0.15, -0.1) is 0 Å². The average Bonchev–Trinajstić information content (AvgIpc) is 2.72. The molecule has 0 fully saturated rings. The summed E-state index contributed by atoms with van der Waals surface area (Å²) in [6, 6.07) is 20.0. The van der Waals surface area contributed by atoms with E-state index in [1.807, 2.05) is 50.2 Å². The van der Waals surface area contributed by atoms with Crippen LogP contribution in [0.1, 0.15) is 47.5 Å². The summed E-state index contributed by atoms with van der Waals surface area (Å²) in [4.78, 5) is 23.5. The Bertz CT molecular complexity index is 807. The minimum Gasteiger partial charge on any atom is -0.465 e. The van der Waals surface area contributed by atoms with E-state index in [4.69, 9.17) is 4.43 Å². The molecule has 0 aliphatic carbocycles. The van der Waals surface area contributed by atoms with Crippen molar-refractivity contribution in [3.63, 3.8) is 0 Å². The molecule has 2 rings (SSSR count). The third-order valence-electron chi connectivity index (χ3n) is 5.63. The third kappa shape index (κ3) is 6.28. The molecule has 6 heteroatoms. The molecule has 31 heavy (non-hydrogen) atoms. The minimum absolute atomic E-state index is 0.0666. The molecule has 1 amide bonds. The summed E-state index contributed by atoms with van der Waals surface area (Å²) < 4.78 is 6.82. The van der Waals surface area contributed by atoms with E-state index in [2.05, 4.69) is 50.4 Å². The van der Waals surface area contributed by atoms with Gasteiger partial charge in [0.25, 0.3) is 8.32 Å². The normalized spacial score (nSPS) is 13.1. The first-order chi connectivity index (χ1) is 14.6. The lowest BCUT2D eigenvalue weighted by atomic mass is 10.0. The minimum atomic E-state index is -2.76. The Morgan fingerprint density at radius 3 is 1.84 bits per heavy atom. The fraction of sp³-hybridized carbons (Fsp3) is 0.440. The van der Waals surface area contributed by atoms with Crippen molar-refractivity contribution in [1.82, 2.24) is 5.32 Å². The molecule has 0 aromatic heterocycles. The topological polar surface area (TPSA) is 75.6 Å². The number of ketones is 1. The van der Waals surface area contributed by atoms with Crippen molar-refractivity contribution >= 4 is 30.6 Å². The summed E-state index contributed by atoms with van der Waals surface area (Å²) in [6.07, 6.45) is -0.359. The second kappa shape index (κ2) is 10.7. The number of rotatable bonds is 10. The number of benzene rings is 2. The van der Waals surface area contributed by atoms with E-state index >= 15 is 0 Å². The van der Waals surface area contributed by atoms with Gasteiger partial charge in [-0.05, 0) is 21.8 Å². The maximum Gasteiger partial charge on any atom is 0.404 e. The smallest absolute Gasteiger partial charge is 0.404 e. The van der Waals surface area contributed by atoms with Gasteiger partial charge in [-0.25, -0.2) is 4.79 Å². The molecule has 168 valence electrons. The van der Waals surface area contributed by atoms with E-state index in [-0.39, 0.29) is 23.3 Å². The molecule has 0 radical (unpaired) electrons. The second-order valence-corrected chi connectivity index (χ2v) is 13.6. The summed E-state index contributed by atoms with van der Waals surface area (Å²) in [5.74, 6) is 0.0608. The van der Waals surface area contributed by atoms with E-state index in [0.29, 0.717) is 12.8 Å². The van der Waals surface area contributed by atoms with Crippen LogP contribution in [0.2, 0.25) is 5.04 Å². The van der Waals surface area contributed by atoms with Crippen LogP contribution >= 0.6 is 0 Å². The zero-order chi connectivity index (χ0) is 23.1. The molecule has 0 spiro atoms. The lowest BCUT2D eigenvalue weighted by Gasteiger charge is -2.43. The number of amides is 1. The average molecular weight is 442 g/mol. The molecule has 1 unspecified atom stereocenters. The molecule has 5 nitrogen and oxygen atoms in total. The Kier molecular flexibility index (Phi) is 8.59. The zero-order valence-corrected chi connectivity index (χ0v) is 20.2. The van der Waals surface area contributed by atoms with Gasteiger partial charge < -0.3 is 14.8 Å². The monoisotopic (exact) mass is 441 g/mol. The van der Waals surface area contributed by atoms with Gasteiger partial charge in [-0.3, -0.25) is 4.79 Å². The summed E-state index contributed by atoms with van der Waals surface area (Å²) >= 11 is 0. The van der Waals surface area contributed by atoms with Crippen LogP contribution in [0.15, 0.2) is 60.7 Å². The first-order valence-corrected chi connectivity index (χ1v) is 12.8. The predicted molar refractivity (Wildman–Crippen MR) is 128 cm³/mol. The number of hydrogen-bond donors (Lipinski definition) is 2. The van der Waals surface area contributed by atoms with Gasteiger partial charge in [0.1, 0.15) is 5.78 Å². The van der Waals surface area contributed by atoms with Crippen molar-refractivity contribution in [2.45, 2.75) is 58.5 Å². The predicted octanol–water partition coefficient (Wildman–Crippen LogP) is 4.20. The Morgan fingerprint density at radius 2 is 1.45 bits per heavy atom. The first kappa shape index (κ1) is 24.8. The van der Waals surface area contributed by atoms with Crippen molar-refractivity contribution in [2.75, 3.05) is 6.61 Å². The third-order valence-corrected chi connectivity index (χ3v) is 10.6. The Hall–Kier alpha value is -2.44. The lowest BCUT2D eigenvalue weighted by molar-refractivity contribution is -0.122. The van der Waals surface area contributed by atoms with E-state index in [0.717, 1.165) is 10.4 Å². The van der Waals surface area contributed by atoms with Crippen LogP contribution in [0, 0.1) is 5.92 Å². The van der Waals surface area contributed by atoms with Gasteiger partial charge >= 0.3 is 6.09 Å². The highest BCUT2D eigenvalue weighted by Crippen LogP contribution is 2.36. The van der Waals surface area contributed by atoms with Crippen LogP contribution in [0.25, 0.3) is 0 Å². The number of carbonyl (C=O) groups is 2. The number of carbonyl (C=O) groups excluding carboxylic acids is 1. The van der Waals surface area contributed by atoms with Gasteiger partial charge in [-0.2, -0.15) is 0 Å². The van der Waals surface area contributed by atoms with Crippen molar-refractivity contribution in [2.24, 2.45) is 5.92 Å². The van der Waals surface area contributed by atoms with Crippen LogP contribution in [-0.4, -0.2) is 37.9 Å². The van der Waals surface area contributed by atoms with Crippen LogP contribution in [-0.2, 0) is 9.22 Å². The van der Waals surface area contributed by atoms with Crippen molar-refractivity contribution in [1.29, 1.82) is 0 Å². The maximum absolute atomic E-state index is 12.1. The summed E-state index contributed by atoms with van der Waals surface area (Å²) in [6.45, 7) is 10.5. The van der Waals surface area contributed by atoms with Crippen LogP contribution in [0.5, 0.6) is 0 Å². The van der Waals surface area contributed by atoms with Crippen LogP contribution in [0.4, 0.5) is 4.79 Å². The van der Waals surface area contributed by atoms with Crippen LogP contribution in [0.3, 0.4) is 0 Å². The van der Waals surface area contributed by atoms with E-state index in [1.54, 1.807) is 0 Å². The van der Waals surface area contributed by atoms with Crippen molar-refractivity contribution < 1.29 is 19.1 Å². The number of carboxylic acid groups (broad SMARTS) is 1. The van der Waals surface area contributed by atoms with Crippen molar-refractivity contribution in [3.05, 3.63) is 60.7 Å². The largest absolute Gasteiger partial charge is 0.465 e. The van der Waals surface area contributed by atoms with Gasteiger partial charge in [0.15, 0.2) is 0 Å². The van der Waals surface area contributed by atoms with E-state index in [1.165, 1.54) is 0 Å². The Balaban J connectivity index is 2.42. The van der Waals surface area contributed by atoms with E-state index < -0.39 is 20.5 Å². The first-order valence-electron chi connectivity index (χ1n) is 10.8. The molecule has 0 saturated heterocycles. The summed E-state index contributed by atoms with van der Waals surface area (Å²) in [5, 5.41) is 14.0. The fourth-order valence-corrected chi connectivity index (χ4v) is 8.57. The van der Waals surface area contributed by atoms with Gasteiger partial charge in [-0.1, -0.05) is 95.3 Å². The lowest BCUT2D eigenvalue weighted by Crippen LogP contribution is -2.67.